The first kappa shape index (κ1) is 22.0. The van der Waals surface area contributed by atoms with Gasteiger partial charge in [0.05, 0.1) is 28.7 Å². The van der Waals surface area contributed by atoms with Crippen LogP contribution in [0.2, 0.25) is 0 Å². The van der Waals surface area contributed by atoms with Crippen LogP contribution >= 0.6 is 27.7 Å². The molecule has 3 rings (SSSR count). The Kier molecular flexibility index (Phi) is 6.33. The summed E-state index contributed by atoms with van der Waals surface area (Å²) in [5.74, 6) is 0.606. The molecule has 7 nitrogen and oxygen atoms in total. The van der Waals surface area contributed by atoms with Crippen LogP contribution in [0.1, 0.15) is 36.7 Å². The third kappa shape index (κ3) is 4.57. The Hall–Kier alpha value is -2.65. The van der Waals surface area contributed by atoms with Crippen LogP contribution in [-0.2, 0) is 5.41 Å². The van der Waals surface area contributed by atoms with Crippen LogP contribution in [0.4, 0.5) is 23.0 Å². The monoisotopic (exact) mass is 489 g/mol. The number of halogens is 1. The molecule has 158 valence electrons. The molecule has 0 atom stereocenters. The van der Waals surface area contributed by atoms with Crippen molar-refractivity contribution in [3.05, 3.63) is 52.0 Å². The van der Waals surface area contributed by atoms with Crippen LogP contribution in [0.15, 0.2) is 40.9 Å². The molecule has 1 heterocycles. The van der Waals surface area contributed by atoms with Crippen molar-refractivity contribution in [1.29, 1.82) is 0 Å². The summed E-state index contributed by atoms with van der Waals surface area (Å²) in [4.78, 5) is 14.3. The first-order chi connectivity index (χ1) is 14.1. The van der Waals surface area contributed by atoms with E-state index in [-0.39, 0.29) is 22.6 Å². The minimum absolute atomic E-state index is 0.110. The molecule has 0 saturated carbocycles. The van der Waals surface area contributed by atoms with Gasteiger partial charge in [-0.3, -0.25) is 4.79 Å². The quantitative estimate of drug-likeness (QED) is 0.410. The highest BCUT2D eigenvalue weighted by Gasteiger charge is 2.28. The van der Waals surface area contributed by atoms with Gasteiger partial charge in [-0.1, -0.05) is 39.0 Å². The van der Waals surface area contributed by atoms with E-state index in [1.807, 2.05) is 51.1 Å². The molecular formula is C21H24BrN5O2S. The number of carbonyl (C=O) groups excluding carboxylic acids is 1. The number of anilines is 4. The van der Waals surface area contributed by atoms with Crippen molar-refractivity contribution in [2.24, 2.45) is 0 Å². The number of aromatic hydroxyl groups is 1. The number of phenols is 1. The van der Waals surface area contributed by atoms with Gasteiger partial charge in [0.2, 0.25) is 0 Å². The van der Waals surface area contributed by atoms with Crippen molar-refractivity contribution in [2.75, 3.05) is 24.7 Å². The van der Waals surface area contributed by atoms with Crippen molar-refractivity contribution < 1.29 is 9.90 Å². The Morgan fingerprint density at radius 3 is 2.20 bits per heavy atom. The number of phenolic OH excluding ortho intramolecular Hbond substituents is 1. The number of hydrogen-bond acceptors (Lipinski definition) is 7. The first-order valence-electron chi connectivity index (χ1n) is 9.29. The normalized spacial score (nSPS) is 11.3. The molecule has 0 bridgehead atoms. The second-order valence-electron chi connectivity index (χ2n) is 8.03. The smallest absolute Gasteiger partial charge is 0.257 e. The summed E-state index contributed by atoms with van der Waals surface area (Å²) in [7, 11) is 3.33. The van der Waals surface area contributed by atoms with E-state index in [1.165, 1.54) is 4.90 Å². The fourth-order valence-electron chi connectivity index (χ4n) is 2.93. The van der Waals surface area contributed by atoms with Gasteiger partial charge in [0.25, 0.3) is 5.91 Å². The van der Waals surface area contributed by atoms with E-state index in [1.54, 1.807) is 20.2 Å². The van der Waals surface area contributed by atoms with Crippen LogP contribution in [0.25, 0.3) is 0 Å². The number of hydrogen-bond donors (Lipinski definition) is 3. The summed E-state index contributed by atoms with van der Waals surface area (Å²) in [6.45, 7) is 6.02. The molecule has 0 aliphatic heterocycles. The maximum absolute atomic E-state index is 12.8. The van der Waals surface area contributed by atoms with Crippen molar-refractivity contribution >= 4 is 56.6 Å². The van der Waals surface area contributed by atoms with Crippen LogP contribution in [0.5, 0.6) is 5.75 Å². The predicted octanol–water partition coefficient (Wildman–Crippen LogP) is 5.49. The van der Waals surface area contributed by atoms with Crippen molar-refractivity contribution in [3.63, 3.8) is 0 Å². The maximum Gasteiger partial charge on any atom is 0.257 e. The lowest BCUT2D eigenvalue weighted by atomic mass is 9.82. The Bertz CT molecular complexity index is 1080. The van der Waals surface area contributed by atoms with Gasteiger partial charge in [0.1, 0.15) is 0 Å². The number of aromatic nitrogens is 2. The third-order valence-electron chi connectivity index (χ3n) is 4.47. The SMILES string of the molecule is CN(C)C(=O)c1c(C(C)(C)C)ccc(Nc2nsnc2Nc2ccccc2Br)c1O. The van der Waals surface area contributed by atoms with E-state index in [0.717, 1.165) is 27.5 Å². The highest BCUT2D eigenvalue weighted by Crippen LogP contribution is 2.39. The minimum Gasteiger partial charge on any atom is -0.505 e. The molecule has 30 heavy (non-hydrogen) atoms. The van der Waals surface area contributed by atoms with Gasteiger partial charge < -0.3 is 20.6 Å². The van der Waals surface area contributed by atoms with E-state index < -0.39 is 0 Å². The number of para-hydroxylation sites is 1. The molecule has 3 N–H and O–H groups in total. The zero-order chi connectivity index (χ0) is 22.1. The third-order valence-corrected chi connectivity index (χ3v) is 5.69. The molecule has 0 aliphatic rings. The molecule has 0 unspecified atom stereocenters. The number of benzene rings is 2. The van der Waals surface area contributed by atoms with Gasteiger partial charge >= 0.3 is 0 Å². The van der Waals surface area contributed by atoms with E-state index in [0.29, 0.717) is 17.3 Å². The van der Waals surface area contributed by atoms with E-state index in [4.69, 9.17) is 0 Å². The van der Waals surface area contributed by atoms with E-state index in [9.17, 15) is 9.90 Å². The number of nitrogens with zero attached hydrogens (tertiary/aromatic N) is 3. The first-order valence-corrected chi connectivity index (χ1v) is 10.8. The molecule has 0 radical (unpaired) electrons. The lowest BCUT2D eigenvalue weighted by Crippen LogP contribution is -2.26. The second-order valence-corrected chi connectivity index (χ2v) is 9.41. The van der Waals surface area contributed by atoms with Crippen LogP contribution in [-0.4, -0.2) is 38.8 Å². The number of amides is 1. The fourth-order valence-corrected chi connectivity index (χ4v) is 3.78. The average molecular weight is 490 g/mol. The number of carbonyl (C=O) groups is 1. The zero-order valence-electron chi connectivity index (χ0n) is 17.4. The standard InChI is InChI=1S/C21H24BrN5O2S/c1-21(2,3)12-10-11-15(17(28)16(12)20(29)27(4)5)24-19-18(25-30-26-19)23-14-9-7-6-8-13(14)22/h6-11,28H,1-5H3,(H,23,25)(H,24,26). The molecule has 3 aromatic rings. The van der Waals surface area contributed by atoms with Crippen molar-refractivity contribution in [1.82, 2.24) is 13.6 Å². The zero-order valence-corrected chi connectivity index (χ0v) is 19.8. The lowest BCUT2D eigenvalue weighted by molar-refractivity contribution is 0.0822. The predicted molar refractivity (Wildman–Crippen MR) is 125 cm³/mol. The van der Waals surface area contributed by atoms with E-state index >= 15 is 0 Å². The summed E-state index contributed by atoms with van der Waals surface area (Å²) < 4.78 is 9.48. The summed E-state index contributed by atoms with van der Waals surface area (Å²) in [6.07, 6.45) is 0. The van der Waals surface area contributed by atoms with Gasteiger partial charge in [-0.2, -0.15) is 8.75 Å². The summed E-state index contributed by atoms with van der Waals surface area (Å²) in [5.41, 5.74) is 1.96. The Labute approximate surface area is 188 Å². The van der Waals surface area contributed by atoms with Gasteiger partial charge in [-0.15, -0.1) is 0 Å². The minimum atomic E-state index is -0.314. The largest absolute Gasteiger partial charge is 0.505 e. The Balaban J connectivity index is 1.99. The van der Waals surface area contributed by atoms with Crippen LogP contribution < -0.4 is 10.6 Å². The fraction of sp³-hybridized carbons (Fsp3) is 0.286. The molecular weight excluding hydrogens is 466 g/mol. The molecule has 0 aliphatic carbocycles. The van der Waals surface area contributed by atoms with Gasteiger partial charge in [0.15, 0.2) is 17.4 Å². The van der Waals surface area contributed by atoms with Crippen LogP contribution in [0, 0.1) is 0 Å². The maximum atomic E-state index is 12.8. The average Bonchev–Trinajstić information content (AvgIpc) is 3.10. The van der Waals surface area contributed by atoms with Crippen LogP contribution in [0.3, 0.4) is 0 Å². The van der Waals surface area contributed by atoms with Gasteiger partial charge in [0, 0.05) is 18.6 Å². The lowest BCUT2D eigenvalue weighted by Gasteiger charge is -2.25. The molecule has 2 aromatic carbocycles. The molecule has 1 aromatic heterocycles. The van der Waals surface area contributed by atoms with Gasteiger partial charge in [-0.05, 0) is 45.1 Å². The summed E-state index contributed by atoms with van der Waals surface area (Å²) >= 11 is 4.54. The summed E-state index contributed by atoms with van der Waals surface area (Å²) in [5, 5.41) is 17.3. The van der Waals surface area contributed by atoms with E-state index in [2.05, 4.69) is 35.3 Å². The Morgan fingerprint density at radius 1 is 1.03 bits per heavy atom. The molecule has 9 heteroatoms. The highest BCUT2D eigenvalue weighted by molar-refractivity contribution is 9.10. The van der Waals surface area contributed by atoms with Gasteiger partial charge in [-0.25, -0.2) is 0 Å². The van der Waals surface area contributed by atoms with Crippen molar-refractivity contribution in [2.45, 2.75) is 26.2 Å². The topological polar surface area (TPSA) is 90.4 Å². The summed E-state index contributed by atoms with van der Waals surface area (Å²) in [6, 6.07) is 11.3. The number of rotatable bonds is 5. The highest BCUT2D eigenvalue weighted by atomic mass is 79.9. The van der Waals surface area contributed by atoms with Crippen molar-refractivity contribution in [3.8, 4) is 5.75 Å². The second kappa shape index (κ2) is 8.61. The molecule has 0 spiro atoms. The molecule has 0 fully saturated rings. The molecule has 1 amide bonds. The number of nitrogens with one attached hydrogen (secondary N) is 2. The Morgan fingerprint density at radius 2 is 1.63 bits per heavy atom. The molecule has 0 saturated heterocycles.